The van der Waals surface area contributed by atoms with E-state index < -0.39 is 0 Å². The first-order chi connectivity index (χ1) is 9.00. The molecule has 106 valence electrons. The van der Waals surface area contributed by atoms with Gasteiger partial charge in [-0.2, -0.15) is 0 Å². The van der Waals surface area contributed by atoms with Gasteiger partial charge >= 0.3 is 0 Å². The van der Waals surface area contributed by atoms with Crippen molar-refractivity contribution in [3.8, 4) is 5.75 Å². The van der Waals surface area contributed by atoms with Crippen LogP contribution in [-0.4, -0.2) is 30.8 Å². The van der Waals surface area contributed by atoms with Crippen LogP contribution in [0, 0.1) is 12.8 Å². The first-order valence-corrected chi connectivity index (χ1v) is 6.66. The number of aromatic hydroxyl groups is 1. The highest BCUT2D eigenvalue weighted by Crippen LogP contribution is 2.15. The van der Waals surface area contributed by atoms with Gasteiger partial charge in [-0.3, -0.25) is 4.79 Å². The van der Waals surface area contributed by atoms with Gasteiger partial charge in [-0.05, 0) is 43.0 Å². The molecule has 4 nitrogen and oxygen atoms in total. The summed E-state index contributed by atoms with van der Waals surface area (Å²) in [6, 6.07) is 4.74. The Balaban J connectivity index is 2.28. The lowest BCUT2D eigenvalue weighted by molar-refractivity contribution is 0.0924. The van der Waals surface area contributed by atoms with Gasteiger partial charge in [-0.25, -0.2) is 0 Å². The van der Waals surface area contributed by atoms with Gasteiger partial charge in [-0.1, -0.05) is 13.8 Å². The van der Waals surface area contributed by atoms with Gasteiger partial charge in [0.2, 0.25) is 0 Å². The number of phenols is 1. The lowest BCUT2D eigenvalue weighted by Crippen LogP contribution is -2.26. The maximum absolute atomic E-state index is 11.9. The van der Waals surface area contributed by atoms with Crippen LogP contribution in [0.5, 0.6) is 5.75 Å². The molecule has 0 saturated carbocycles. The summed E-state index contributed by atoms with van der Waals surface area (Å²) in [6.45, 7) is 8.03. The second-order valence-electron chi connectivity index (χ2n) is 5.08. The summed E-state index contributed by atoms with van der Waals surface area (Å²) in [5.41, 5.74) is 1.37. The number of carbonyl (C=O) groups excluding carboxylic acids is 1. The Morgan fingerprint density at radius 2 is 2.16 bits per heavy atom. The van der Waals surface area contributed by atoms with Gasteiger partial charge < -0.3 is 15.2 Å². The number of aryl methyl sites for hydroxylation is 1. The van der Waals surface area contributed by atoms with Crippen molar-refractivity contribution >= 4 is 5.91 Å². The summed E-state index contributed by atoms with van der Waals surface area (Å²) >= 11 is 0. The molecule has 0 aromatic heterocycles. The van der Waals surface area contributed by atoms with Crippen LogP contribution < -0.4 is 5.32 Å². The molecule has 0 aliphatic carbocycles. The topological polar surface area (TPSA) is 58.6 Å². The van der Waals surface area contributed by atoms with Crippen LogP contribution in [-0.2, 0) is 4.74 Å². The highest BCUT2D eigenvalue weighted by Gasteiger charge is 2.08. The van der Waals surface area contributed by atoms with Crippen molar-refractivity contribution in [3.63, 3.8) is 0 Å². The molecule has 1 amide bonds. The zero-order chi connectivity index (χ0) is 14.3. The summed E-state index contributed by atoms with van der Waals surface area (Å²) in [7, 11) is 0. The van der Waals surface area contributed by atoms with Crippen LogP contribution in [0.4, 0.5) is 0 Å². The van der Waals surface area contributed by atoms with Gasteiger partial charge in [-0.15, -0.1) is 0 Å². The number of ether oxygens (including phenoxy) is 1. The summed E-state index contributed by atoms with van der Waals surface area (Å²) in [6.07, 6.45) is 0.801. The molecule has 0 unspecified atom stereocenters. The third kappa shape index (κ3) is 5.75. The molecule has 0 bridgehead atoms. The van der Waals surface area contributed by atoms with Crippen molar-refractivity contribution in [1.29, 1.82) is 0 Å². The third-order valence-electron chi connectivity index (χ3n) is 2.66. The van der Waals surface area contributed by atoms with E-state index in [0.29, 0.717) is 24.6 Å². The molecule has 1 aromatic carbocycles. The molecule has 1 rings (SSSR count). The number of hydrogen-bond donors (Lipinski definition) is 2. The second kappa shape index (κ2) is 7.79. The van der Waals surface area contributed by atoms with Crippen molar-refractivity contribution in [3.05, 3.63) is 29.3 Å². The van der Waals surface area contributed by atoms with Crippen LogP contribution in [0.1, 0.15) is 36.2 Å². The van der Waals surface area contributed by atoms with E-state index in [9.17, 15) is 9.90 Å². The van der Waals surface area contributed by atoms with Gasteiger partial charge in [0.1, 0.15) is 5.75 Å². The summed E-state index contributed by atoms with van der Waals surface area (Å²) in [5.74, 6) is 0.603. The molecule has 0 spiro atoms. The normalized spacial score (nSPS) is 10.7. The third-order valence-corrected chi connectivity index (χ3v) is 2.66. The van der Waals surface area contributed by atoms with E-state index in [0.717, 1.165) is 18.6 Å². The molecule has 0 atom stereocenters. The molecule has 0 aliphatic rings. The Morgan fingerprint density at radius 1 is 1.42 bits per heavy atom. The van der Waals surface area contributed by atoms with Crippen molar-refractivity contribution in [2.75, 3.05) is 19.8 Å². The largest absolute Gasteiger partial charge is 0.508 e. The van der Waals surface area contributed by atoms with Crippen molar-refractivity contribution < 1.29 is 14.6 Å². The van der Waals surface area contributed by atoms with E-state index in [-0.39, 0.29) is 11.7 Å². The molecule has 0 aliphatic heterocycles. The molecular weight excluding hydrogens is 242 g/mol. The van der Waals surface area contributed by atoms with Crippen LogP contribution in [0.2, 0.25) is 0 Å². The molecule has 0 heterocycles. The summed E-state index contributed by atoms with van der Waals surface area (Å²) in [4.78, 5) is 11.9. The van der Waals surface area contributed by atoms with Crippen LogP contribution >= 0.6 is 0 Å². The first kappa shape index (κ1) is 15.5. The van der Waals surface area contributed by atoms with Crippen molar-refractivity contribution in [1.82, 2.24) is 5.32 Å². The molecule has 19 heavy (non-hydrogen) atoms. The number of carbonyl (C=O) groups is 1. The average molecular weight is 265 g/mol. The van der Waals surface area contributed by atoms with Gasteiger partial charge in [0, 0.05) is 25.3 Å². The minimum atomic E-state index is -0.110. The van der Waals surface area contributed by atoms with Gasteiger partial charge in [0.05, 0.1) is 0 Å². The predicted octanol–water partition coefficient (Wildman–Crippen LogP) is 2.49. The number of rotatable bonds is 7. The standard InChI is InChI=1S/C15H23NO3/c1-11(2)10-19-8-4-7-16-15(18)14-6-5-13(17)9-12(14)3/h5-6,9,11,17H,4,7-8,10H2,1-3H3,(H,16,18). The fourth-order valence-corrected chi connectivity index (χ4v) is 1.69. The fourth-order valence-electron chi connectivity index (χ4n) is 1.69. The molecule has 4 heteroatoms. The minimum Gasteiger partial charge on any atom is -0.508 e. The van der Waals surface area contributed by atoms with Gasteiger partial charge in [0.15, 0.2) is 0 Å². The SMILES string of the molecule is Cc1cc(O)ccc1C(=O)NCCCOCC(C)C. The highest BCUT2D eigenvalue weighted by molar-refractivity contribution is 5.95. The quantitative estimate of drug-likeness (QED) is 0.745. The lowest BCUT2D eigenvalue weighted by atomic mass is 10.1. The molecule has 0 radical (unpaired) electrons. The Morgan fingerprint density at radius 3 is 2.79 bits per heavy atom. The molecule has 2 N–H and O–H groups in total. The van der Waals surface area contributed by atoms with Crippen molar-refractivity contribution in [2.45, 2.75) is 27.2 Å². The predicted molar refractivity (Wildman–Crippen MR) is 75.5 cm³/mol. The Kier molecular flexibility index (Phi) is 6.36. The number of nitrogens with one attached hydrogen (secondary N) is 1. The van der Waals surface area contributed by atoms with Crippen LogP contribution in [0.25, 0.3) is 0 Å². The molecule has 0 saturated heterocycles. The zero-order valence-electron chi connectivity index (χ0n) is 11.9. The van der Waals surface area contributed by atoms with Crippen molar-refractivity contribution in [2.24, 2.45) is 5.92 Å². The Labute approximate surface area is 114 Å². The maximum Gasteiger partial charge on any atom is 0.251 e. The second-order valence-corrected chi connectivity index (χ2v) is 5.08. The monoisotopic (exact) mass is 265 g/mol. The Hall–Kier alpha value is -1.55. The van der Waals surface area contributed by atoms with E-state index in [2.05, 4.69) is 19.2 Å². The van der Waals surface area contributed by atoms with E-state index >= 15 is 0 Å². The summed E-state index contributed by atoms with van der Waals surface area (Å²) < 4.78 is 5.44. The fraction of sp³-hybridized carbons (Fsp3) is 0.533. The number of hydrogen-bond acceptors (Lipinski definition) is 3. The average Bonchev–Trinajstić information content (AvgIpc) is 2.32. The van der Waals surface area contributed by atoms with E-state index in [1.54, 1.807) is 19.1 Å². The number of benzene rings is 1. The van der Waals surface area contributed by atoms with E-state index in [1.165, 1.54) is 6.07 Å². The number of amides is 1. The zero-order valence-corrected chi connectivity index (χ0v) is 11.9. The van der Waals surface area contributed by atoms with Crippen LogP contribution in [0.3, 0.4) is 0 Å². The molecule has 1 aromatic rings. The molecular formula is C15H23NO3. The molecule has 0 fully saturated rings. The maximum atomic E-state index is 11.9. The first-order valence-electron chi connectivity index (χ1n) is 6.66. The van der Waals surface area contributed by atoms with E-state index in [1.807, 2.05) is 0 Å². The smallest absolute Gasteiger partial charge is 0.251 e. The van der Waals surface area contributed by atoms with E-state index in [4.69, 9.17) is 4.74 Å². The minimum absolute atomic E-state index is 0.110. The van der Waals surface area contributed by atoms with Gasteiger partial charge in [0.25, 0.3) is 5.91 Å². The Bertz CT molecular complexity index is 416. The van der Waals surface area contributed by atoms with Crippen LogP contribution in [0.15, 0.2) is 18.2 Å². The lowest BCUT2D eigenvalue weighted by Gasteiger charge is -2.09. The highest BCUT2D eigenvalue weighted by atomic mass is 16.5. The number of phenolic OH excluding ortho intramolecular Hbond substituents is 1. The summed E-state index contributed by atoms with van der Waals surface area (Å²) in [5, 5.41) is 12.1.